The van der Waals surface area contributed by atoms with E-state index in [0.29, 0.717) is 5.56 Å². The summed E-state index contributed by atoms with van der Waals surface area (Å²) in [7, 11) is 0. The lowest BCUT2D eigenvalue weighted by Gasteiger charge is -2.15. The van der Waals surface area contributed by atoms with Gasteiger partial charge in [-0.3, -0.25) is 0 Å². The molecule has 0 spiro atoms. The highest BCUT2D eigenvalue weighted by Crippen LogP contribution is 2.30. The fourth-order valence-corrected chi connectivity index (χ4v) is 1.87. The van der Waals surface area contributed by atoms with Crippen LogP contribution in [0.1, 0.15) is 11.1 Å². The van der Waals surface area contributed by atoms with Crippen LogP contribution in [0.2, 0.25) is 0 Å². The molecule has 0 atom stereocenters. The molecule has 0 heterocycles. The van der Waals surface area contributed by atoms with Gasteiger partial charge in [0, 0.05) is 12.1 Å². The number of anilines is 1. The van der Waals surface area contributed by atoms with Crippen LogP contribution in [0.5, 0.6) is 11.5 Å². The van der Waals surface area contributed by atoms with Gasteiger partial charge in [0.05, 0.1) is 5.69 Å². The highest BCUT2D eigenvalue weighted by molar-refractivity contribution is 5.57. The van der Waals surface area contributed by atoms with E-state index in [1.807, 2.05) is 6.92 Å². The van der Waals surface area contributed by atoms with Crippen molar-refractivity contribution in [2.45, 2.75) is 19.8 Å². The number of halogens is 3. The van der Waals surface area contributed by atoms with E-state index in [9.17, 15) is 18.3 Å². The predicted molar refractivity (Wildman–Crippen MR) is 73.3 cm³/mol. The lowest BCUT2D eigenvalue weighted by molar-refractivity contribution is -0.274. The molecule has 0 saturated heterocycles. The fourth-order valence-electron chi connectivity index (χ4n) is 1.87. The van der Waals surface area contributed by atoms with Gasteiger partial charge in [-0.05, 0) is 25.1 Å². The Balaban J connectivity index is 2.15. The first-order valence-electron chi connectivity index (χ1n) is 6.22. The van der Waals surface area contributed by atoms with Gasteiger partial charge in [-0.15, -0.1) is 13.2 Å². The van der Waals surface area contributed by atoms with Crippen LogP contribution in [0, 0.1) is 6.92 Å². The Morgan fingerprint density at radius 1 is 1.14 bits per heavy atom. The zero-order valence-electron chi connectivity index (χ0n) is 11.2. The quantitative estimate of drug-likeness (QED) is 0.888. The van der Waals surface area contributed by atoms with Gasteiger partial charge in [0.1, 0.15) is 5.75 Å². The minimum Gasteiger partial charge on any atom is -0.508 e. The number of para-hydroxylation sites is 2. The Morgan fingerprint density at radius 2 is 1.86 bits per heavy atom. The molecule has 0 aromatic heterocycles. The monoisotopic (exact) mass is 297 g/mol. The highest BCUT2D eigenvalue weighted by atomic mass is 19.4. The summed E-state index contributed by atoms with van der Waals surface area (Å²) in [5.41, 5.74) is 1.75. The SMILES string of the molecule is Cc1ccc(O)c(CNc2ccccc2OC(F)(F)F)c1. The number of phenolic OH excluding ortho intramolecular Hbond substituents is 1. The molecule has 2 aromatic carbocycles. The molecule has 0 unspecified atom stereocenters. The van der Waals surface area contributed by atoms with E-state index in [2.05, 4.69) is 10.1 Å². The number of phenols is 1. The fraction of sp³-hybridized carbons (Fsp3) is 0.200. The van der Waals surface area contributed by atoms with Crippen LogP contribution in [0.3, 0.4) is 0 Å². The second-order valence-electron chi connectivity index (χ2n) is 4.53. The maximum atomic E-state index is 12.3. The van der Waals surface area contributed by atoms with Crippen molar-refractivity contribution in [3.8, 4) is 11.5 Å². The Labute approximate surface area is 120 Å². The summed E-state index contributed by atoms with van der Waals surface area (Å²) >= 11 is 0. The standard InChI is InChI=1S/C15H14F3NO2/c1-10-6-7-13(20)11(8-10)9-19-12-4-2-3-5-14(12)21-15(16,17)18/h2-8,19-20H,9H2,1H3. The topological polar surface area (TPSA) is 41.5 Å². The first-order valence-corrected chi connectivity index (χ1v) is 6.22. The molecule has 0 aliphatic carbocycles. The minimum atomic E-state index is -4.75. The number of aromatic hydroxyl groups is 1. The third-order valence-corrected chi connectivity index (χ3v) is 2.82. The van der Waals surface area contributed by atoms with Gasteiger partial charge in [0.15, 0.2) is 5.75 Å². The van der Waals surface area contributed by atoms with E-state index < -0.39 is 6.36 Å². The molecule has 0 aliphatic heterocycles. The molecule has 0 bridgehead atoms. The van der Waals surface area contributed by atoms with Gasteiger partial charge in [-0.1, -0.05) is 29.8 Å². The highest BCUT2D eigenvalue weighted by Gasteiger charge is 2.32. The van der Waals surface area contributed by atoms with Crippen molar-refractivity contribution in [3.05, 3.63) is 53.6 Å². The summed E-state index contributed by atoms with van der Waals surface area (Å²) in [6.07, 6.45) is -4.75. The number of alkyl halides is 3. The second kappa shape index (κ2) is 5.95. The molecule has 6 heteroatoms. The number of benzene rings is 2. The van der Waals surface area contributed by atoms with E-state index in [4.69, 9.17) is 0 Å². The van der Waals surface area contributed by atoms with Crippen molar-refractivity contribution in [2.24, 2.45) is 0 Å². The van der Waals surface area contributed by atoms with Crippen LogP contribution >= 0.6 is 0 Å². The zero-order valence-corrected chi connectivity index (χ0v) is 11.2. The number of hydrogen-bond donors (Lipinski definition) is 2. The molecular weight excluding hydrogens is 283 g/mol. The van der Waals surface area contributed by atoms with Crippen LogP contribution in [0.15, 0.2) is 42.5 Å². The maximum absolute atomic E-state index is 12.3. The molecule has 2 aromatic rings. The molecule has 0 amide bonds. The first kappa shape index (κ1) is 15.0. The molecule has 21 heavy (non-hydrogen) atoms. The number of nitrogens with one attached hydrogen (secondary N) is 1. The van der Waals surface area contributed by atoms with Crippen LogP contribution in [0.25, 0.3) is 0 Å². The summed E-state index contributed by atoms with van der Waals surface area (Å²) < 4.78 is 40.9. The lowest BCUT2D eigenvalue weighted by atomic mass is 10.1. The smallest absolute Gasteiger partial charge is 0.508 e. The van der Waals surface area contributed by atoms with Crippen LogP contribution in [-0.2, 0) is 6.54 Å². The van der Waals surface area contributed by atoms with Crippen molar-refractivity contribution in [1.82, 2.24) is 0 Å². The minimum absolute atomic E-state index is 0.0855. The van der Waals surface area contributed by atoms with Crippen LogP contribution < -0.4 is 10.1 Å². The number of aryl methyl sites for hydroxylation is 1. The summed E-state index contributed by atoms with van der Waals surface area (Å²) in [5, 5.41) is 12.6. The molecule has 0 aliphatic rings. The third kappa shape index (κ3) is 4.30. The lowest BCUT2D eigenvalue weighted by Crippen LogP contribution is -2.18. The summed E-state index contributed by atoms with van der Waals surface area (Å²) in [5.74, 6) is -0.223. The average molecular weight is 297 g/mol. The zero-order chi connectivity index (χ0) is 15.5. The van der Waals surface area contributed by atoms with Gasteiger partial charge in [0.2, 0.25) is 0 Å². The molecule has 0 saturated carbocycles. The molecular formula is C15H14F3NO2. The van der Waals surface area contributed by atoms with Crippen molar-refractivity contribution in [2.75, 3.05) is 5.32 Å². The third-order valence-electron chi connectivity index (χ3n) is 2.82. The number of ether oxygens (including phenoxy) is 1. The molecule has 3 nitrogen and oxygen atoms in total. The van der Waals surface area contributed by atoms with Crippen molar-refractivity contribution in [1.29, 1.82) is 0 Å². The van der Waals surface area contributed by atoms with Gasteiger partial charge in [0.25, 0.3) is 0 Å². The molecule has 0 radical (unpaired) electrons. The largest absolute Gasteiger partial charge is 0.573 e. The van der Waals surface area contributed by atoms with Crippen molar-refractivity contribution < 1.29 is 23.0 Å². The Kier molecular flexibility index (Phi) is 4.26. The van der Waals surface area contributed by atoms with Gasteiger partial charge in [-0.2, -0.15) is 0 Å². The van der Waals surface area contributed by atoms with Crippen LogP contribution in [-0.4, -0.2) is 11.5 Å². The Bertz CT molecular complexity index is 627. The van der Waals surface area contributed by atoms with E-state index >= 15 is 0 Å². The second-order valence-corrected chi connectivity index (χ2v) is 4.53. The maximum Gasteiger partial charge on any atom is 0.573 e. The average Bonchev–Trinajstić information content (AvgIpc) is 2.39. The van der Waals surface area contributed by atoms with Gasteiger partial charge in [-0.25, -0.2) is 0 Å². The van der Waals surface area contributed by atoms with E-state index in [1.54, 1.807) is 24.3 Å². The Hall–Kier alpha value is -2.37. The number of rotatable bonds is 4. The molecule has 2 N–H and O–H groups in total. The van der Waals surface area contributed by atoms with E-state index in [-0.39, 0.29) is 23.7 Å². The summed E-state index contributed by atoms with van der Waals surface area (Å²) in [6, 6.07) is 10.8. The van der Waals surface area contributed by atoms with Crippen molar-refractivity contribution >= 4 is 5.69 Å². The van der Waals surface area contributed by atoms with E-state index in [0.717, 1.165) is 5.56 Å². The van der Waals surface area contributed by atoms with Crippen molar-refractivity contribution in [3.63, 3.8) is 0 Å². The number of hydrogen-bond acceptors (Lipinski definition) is 3. The first-order chi connectivity index (χ1) is 9.85. The van der Waals surface area contributed by atoms with Gasteiger partial charge >= 0.3 is 6.36 Å². The Morgan fingerprint density at radius 3 is 2.57 bits per heavy atom. The normalized spacial score (nSPS) is 11.2. The summed E-state index contributed by atoms with van der Waals surface area (Å²) in [6.45, 7) is 2.05. The molecule has 112 valence electrons. The molecule has 0 fully saturated rings. The van der Waals surface area contributed by atoms with Gasteiger partial charge < -0.3 is 15.2 Å². The van der Waals surface area contributed by atoms with E-state index in [1.165, 1.54) is 18.2 Å². The summed E-state index contributed by atoms with van der Waals surface area (Å²) in [4.78, 5) is 0. The van der Waals surface area contributed by atoms with Crippen LogP contribution in [0.4, 0.5) is 18.9 Å². The predicted octanol–water partition coefficient (Wildman–Crippen LogP) is 4.21. The molecule has 2 rings (SSSR count).